The quantitative estimate of drug-likeness (QED) is 0.774. The normalized spacial score (nSPS) is 12.6. The van der Waals surface area contributed by atoms with Crippen LogP contribution in [-0.2, 0) is 11.3 Å². The molecule has 0 saturated carbocycles. The van der Waals surface area contributed by atoms with Gasteiger partial charge in [-0.1, -0.05) is 18.7 Å². The first-order valence-corrected chi connectivity index (χ1v) is 7.71. The van der Waals surface area contributed by atoms with E-state index in [4.69, 9.17) is 5.11 Å². The summed E-state index contributed by atoms with van der Waals surface area (Å²) in [6, 6.07) is 0. The van der Waals surface area contributed by atoms with Gasteiger partial charge in [-0.15, -0.1) is 0 Å². The maximum Gasteiger partial charge on any atom is 0.313 e. The molecule has 0 fully saturated rings. The molecule has 1 aromatic rings. The van der Waals surface area contributed by atoms with Crippen molar-refractivity contribution in [1.29, 1.82) is 0 Å². The van der Waals surface area contributed by atoms with Gasteiger partial charge in [-0.25, -0.2) is 4.98 Å². The van der Waals surface area contributed by atoms with Crippen molar-refractivity contribution in [2.75, 3.05) is 12.0 Å². The molecule has 0 aromatic carbocycles. The SMILES string of the molecule is CSC(C)CCn1cc(C)nc1SCC(=O)O. The van der Waals surface area contributed by atoms with Gasteiger partial charge in [0.2, 0.25) is 0 Å². The molecule has 1 heterocycles. The summed E-state index contributed by atoms with van der Waals surface area (Å²) in [5.41, 5.74) is 0.940. The van der Waals surface area contributed by atoms with Crippen LogP contribution in [0, 0.1) is 6.92 Å². The number of thioether (sulfide) groups is 2. The molecule has 0 aliphatic rings. The van der Waals surface area contributed by atoms with Crippen molar-refractivity contribution < 1.29 is 9.90 Å². The summed E-state index contributed by atoms with van der Waals surface area (Å²) < 4.78 is 2.05. The lowest BCUT2D eigenvalue weighted by Gasteiger charge is -2.10. The third-order valence-electron chi connectivity index (χ3n) is 2.36. The van der Waals surface area contributed by atoms with E-state index in [1.807, 2.05) is 24.9 Å². The molecule has 1 unspecified atom stereocenters. The Kier molecular flexibility index (Phi) is 5.91. The molecule has 0 spiro atoms. The fraction of sp³-hybridized carbons (Fsp3) is 0.636. The summed E-state index contributed by atoms with van der Waals surface area (Å²) in [6.45, 7) is 5.02. The molecular weight excluding hydrogens is 256 g/mol. The van der Waals surface area contributed by atoms with Gasteiger partial charge in [-0.3, -0.25) is 4.79 Å². The molecule has 0 saturated heterocycles. The zero-order chi connectivity index (χ0) is 12.8. The van der Waals surface area contributed by atoms with Crippen molar-refractivity contribution in [3.05, 3.63) is 11.9 Å². The van der Waals surface area contributed by atoms with Crippen molar-refractivity contribution in [3.63, 3.8) is 0 Å². The fourth-order valence-corrected chi connectivity index (χ4v) is 2.48. The molecule has 0 bridgehead atoms. The highest BCUT2D eigenvalue weighted by Gasteiger charge is 2.09. The van der Waals surface area contributed by atoms with E-state index in [0.29, 0.717) is 5.25 Å². The van der Waals surface area contributed by atoms with Crippen LogP contribution in [0.15, 0.2) is 11.4 Å². The maximum absolute atomic E-state index is 10.5. The van der Waals surface area contributed by atoms with Crippen LogP contribution < -0.4 is 0 Å². The molecular formula is C11H18N2O2S2. The zero-order valence-corrected chi connectivity index (χ0v) is 12.0. The fourth-order valence-electron chi connectivity index (χ4n) is 1.37. The first-order valence-electron chi connectivity index (χ1n) is 5.44. The molecule has 1 atom stereocenters. The first kappa shape index (κ1) is 14.4. The van der Waals surface area contributed by atoms with Gasteiger partial charge in [-0.2, -0.15) is 11.8 Å². The van der Waals surface area contributed by atoms with Crippen molar-refractivity contribution in [2.45, 2.75) is 37.2 Å². The molecule has 0 radical (unpaired) electrons. The summed E-state index contributed by atoms with van der Waals surface area (Å²) >= 11 is 3.12. The highest BCUT2D eigenvalue weighted by molar-refractivity contribution is 7.99. The number of carbonyl (C=O) groups is 1. The monoisotopic (exact) mass is 274 g/mol. The first-order chi connectivity index (χ1) is 8.02. The van der Waals surface area contributed by atoms with E-state index in [1.165, 1.54) is 11.8 Å². The molecule has 6 heteroatoms. The molecule has 0 aliphatic heterocycles. The Hall–Kier alpha value is -0.620. The smallest absolute Gasteiger partial charge is 0.313 e. The molecule has 1 aromatic heterocycles. The number of carboxylic acid groups (broad SMARTS) is 1. The number of carboxylic acids is 1. The largest absolute Gasteiger partial charge is 0.481 e. The number of imidazole rings is 1. The summed E-state index contributed by atoms with van der Waals surface area (Å²) in [5.74, 6) is -0.742. The second-order valence-corrected chi connectivity index (χ2v) is 6.09. The summed E-state index contributed by atoms with van der Waals surface area (Å²) in [7, 11) is 0. The van der Waals surface area contributed by atoms with Gasteiger partial charge < -0.3 is 9.67 Å². The molecule has 0 amide bonds. The Labute approximate surface area is 110 Å². The summed E-state index contributed by atoms with van der Waals surface area (Å²) in [5, 5.41) is 10.1. The molecule has 0 aliphatic carbocycles. The highest BCUT2D eigenvalue weighted by Crippen LogP contribution is 2.19. The predicted molar refractivity (Wildman–Crippen MR) is 72.9 cm³/mol. The molecule has 1 N–H and O–H groups in total. The zero-order valence-electron chi connectivity index (χ0n) is 10.3. The van der Waals surface area contributed by atoms with E-state index < -0.39 is 5.97 Å². The predicted octanol–water partition coefficient (Wildman–Crippen LogP) is 2.51. The van der Waals surface area contributed by atoms with Crippen LogP contribution in [-0.4, -0.2) is 37.9 Å². The van der Waals surface area contributed by atoms with Crippen LogP contribution in [0.5, 0.6) is 0 Å². The molecule has 17 heavy (non-hydrogen) atoms. The minimum absolute atomic E-state index is 0.0640. The van der Waals surface area contributed by atoms with E-state index in [9.17, 15) is 4.79 Å². The van der Waals surface area contributed by atoms with Crippen molar-refractivity contribution in [1.82, 2.24) is 9.55 Å². The minimum atomic E-state index is -0.806. The van der Waals surface area contributed by atoms with Crippen LogP contribution >= 0.6 is 23.5 Å². The van der Waals surface area contributed by atoms with Crippen molar-refractivity contribution in [3.8, 4) is 0 Å². The van der Waals surface area contributed by atoms with Crippen LogP contribution in [0.1, 0.15) is 19.0 Å². The van der Waals surface area contributed by atoms with Crippen LogP contribution in [0.4, 0.5) is 0 Å². The molecule has 1 rings (SSSR count). The van der Waals surface area contributed by atoms with E-state index in [2.05, 4.69) is 22.7 Å². The number of hydrogen-bond acceptors (Lipinski definition) is 4. The Morgan fingerprint density at radius 3 is 2.94 bits per heavy atom. The number of rotatable bonds is 7. The highest BCUT2D eigenvalue weighted by atomic mass is 32.2. The van der Waals surface area contributed by atoms with Gasteiger partial charge >= 0.3 is 5.97 Å². The number of hydrogen-bond donors (Lipinski definition) is 1. The van der Waals surface area contributed by atoms with Gasteiger partial charge in [0.1, 0.15) is 0 Å². The molecule has 4 nitrogen and oxygen atoms in total. The van der Waals surface area contributed by atoms with Gasteiger partial charge in [0, 0.05) is 18.0 Å². The maximum atomic E-state index is 10.5. The van der Waals surface area contributed by atoms with Gasteiger partial charge in [0.25, 0.3) is 0 Å². The number of aliphatic carboxylic acids is 1. The third-order valence-corrected chi connectivity index (χ3v) is 4.38. The van der Waals surface area contributed by atoms with E-state index in [-0.39, 0.29) is 5.75 Å². The van der Waals surface area contributed by atoms with Crippen molar-refractivity contribution >= 4 is 29.5 Å². The Balaban J connectivity index is 2.60. The van der Waals surface area contributed by atoms with Gasteiger partial charge in [0.05, 0.1) is 11.4 Å². The Morgan fingerprint density at radius 1 is 1.65 bits per heavy atom. The standard InChI is InChI=1S/C11H18N2O2S2/c1-8-6-13(5-4-9(2)16-3)11(12-8)17-7-10(14)15/h6,9H,4-5,7H2,1-3H3,(H,14,15). The number of aryl methyl sites for hydroxylation is 2. The summed E-state index contributed by atoms with van der Waals surface area (Å²) in [6.07, 6.45) is 5.15. The number of nitrogens with zero attached hydrogens (tertiary/aromatic N) is 2. The van der Waals surface area contributed by atoms with E-state index in [1.54, 1.807) is 0 Å². The topological polar surface area (TPSA) is 55.1 Å². The lowest BCUT2D eigenvalue weighted by Crippen LogP contribution is -2.06. The summed E-state index contributed by atoms with van der Waals surface area (Å²) in [4.78, 5) is 14.9. The van der Waals surface area contributed by atoms with Crippen LogP contribution in [0.2, 0.25) is 0 Å². The number of aromatic nitrogens is 2. The average molecular weight is 274 g/mol. The van der Waals surface area contributed by atoms with Crippen molar-refractivity contribution in [2.24, 2.45) is 0 Å². The average Bonchev–Trinajstić information content (AvgIpc) is 2.63. The molecule has 96 valence electrons. The van der Waals surface area contributed by atoms with Gasteiger partial charge in [0.15, 0.2) is 5.16 Å². The third kappa shape index (κ3) is 5.04. The van der Waals surface area contributed by atoms with Gasteiger partial charge in [-0.05, 0) is 19.6 Å². The second kappa shape index (κ2) is 6.96. The van der Waals surface area contributed by atoms with E-state index in [0.717, 1.165) is 23.8 Å². The Bertz CT molecular complexity index is 380. The van der Waals surface area contributed by atoms with E-state index >= 15 is 0 Å². The Morgan fingerprint density at radius 2 is 2.35 bits per heavy atom. The lowest BCUT2D eigenvalue weighted by atomic mass is 10.3. The second-order valence-electron chi connectivity index (χ2n) is 3.88. The van der Waals surface area contributed by atoms with Crippen LogP contribution in [0.3, 0.4) is 0 Å². The minimum Gasteiger partial charge on any atom is -0.481 e. The van der Waals surface area contributed by atoms with Crippen LogP contribution in [0.25, 0.3) is 0 Å². The lowest BCUT2D eigenvalue weighted by molar-refractivity contribution is -0.133.